The van der Waals surface area contributed by atoms with Crippen LogP contribution in [0.4, 0.5) is 5.13 Å². The highest BCUT2D eigenvalue weighted by atomic mass is 32.1. The Bertz CT molecular complexity index is 508. The largest absolute Gasteiger partial charge is 0.362 e. The van der Waals surface area contributed by atoms with Gasteiger partial charge in [-0.2, -0.15) is 0 Å². The van der Waals surface area contributed by atoms with Crippen LogP contribution in [0.2, 0.25) is 0 Å². The van der Waals surface area contributed by atoms with E-state index >= 15 is 0 Å². The first-order chi connectivity index (χ1) is 8.50. The smallest absolute Gasteiger partial charge is 0.183 e. The van der Waals surface area contributed by atoms with Crippen molar-refractivity contribution in [2.45, 2.75) is 39.5 Å². The van der Waals surface area contributed by atoms with Gasteiger partial charge >= 0.3 is 0 Å². The summed E-state index contributed by atoms with van der Waals surface area (Å²) in [6, 6.07) is 0. The van der Waals surface area contributed by atoms with Gasteiger partial charge in [0.2, 0.25) is 0 Å². The summed E-state index contributed by atoms with van der Waals surface area (Å²) in [6.07, 6.45) is 3.05. The van der Waals surface area contributed by atoms with Crippen molar-refractivity contribution in [1.82, 2.24) is 9.97 Å². The number of anilines is 1. The van der Waals surface area contributed by atoms with Crippen molar-refractivity contribution in [1.29, 1.82) is 0 Å². The Morgan fingerprint density at radius 1 is 1.33 bits per heavy atom. The van der Waals surface area contributed by atoms with Gasteiger partial charge in [0.25, 0.3) is 0 Å². The summed E-state index contributed by atoms with van der Waals surface area (Å²) in [5, 5.41) is 7.57. The summed E-state index contributed by atoms with van der Waals surface area (Å²) in [6.45, 7) is 9.68. The number of nitrogens with one attached hydrogen (secondary N) is 1. The maximum Gasteiger partial charge on any atom is 0.183 e. The second-order valence-corrected chi connectivity index (χ2v) is 7.13. The fraction of sp³-hybridized carbons (Fsp3) is 0.538. The maximum absolute atomic E-state index is 4.59. The lowest BCUT2D eigenvalue weighted by Gasteiger charge is -2.13. The highest BCUT2D eigenvalue weighted by Gasteiger charge is 2.19. The van der Waals surface area contributed by atoms with E-state index in [0.29, 0.717) is 0 Å². The van der Waals surface area contributed by atoms with Crippen molar-refractivity contribution in [2.75, 3.05) is 11.9 Å². The number of hydrogen-bond donors (Lipinski definition) is 1. The Morgan fingerprint density at radius 2 is 2.11 bits per heavy atom. The molecule has 0 unspecified atom stereocenters. The monoisotopic (exact) mass is 281 g/mol. The fourth-order valence-corrected chi connectivity index (χ4v) is 3.19. The SMILES string of the molecule is CCCNc1nc(-c2cnc(C(C)(C)C)s2)cs1. The zero-order valence-electron chi connectivity index (χ0n) is 11.3. The molecule has 0 saturated carbocycles. The van der Waals surface area contributed by atoms with Gasteiger partial charge in [0.05, 0.1) is 15.6 Å². The van der Waals surface area contributed by atoms with Gasteiger partial charge in [-0.1, -0.05) is 27.7 Å². The Hall–Kier alpha value is -0.940. The van der Waals surface area contributed by atoms with Gasteiger partial charge in [-0.05, 0) is 6.42 Å². The molecule has 0 atom stereocenters. The third-order valence-corrected chi connectivity index (χ3v) is 4.68. The van der Waals surface area contributed by atoms with Crippen LogP contribution < -0.4 is 5.32 Å². The number of rotatable bonds is 4. The Morgan fingerprint density at radius 3 is 2.72 bits per heavy atom. The van der Waals surface area contributed by atoms with E-state index in [0.717, 1.165) is 33.7 Å². The first-order valence-corrected chi connectivity index (χ1v) is 7.86. The zero-order valence-corrected chi connectivity index (χ0v) is 12.9. The Labute approximate surface area is 116 Å². The van der Waals surface area contributed by atoms with Crippen molar-refractivity contribution in [3.05, 3.63) is 16.6 Å². The lowest BCUT2D eigenvalue weighted by molar-refractivity contribution is 0.585. The Balaban J connectivity index is 2.16. The summed E-state index contributed by atoms with van der Waals surface area (Å²) >= 11 is 3.39. The van der Waals surface area contributed by atoms with Crippen LogP contribution in [-0.2, 0) is 5.41 Å². The molecule has 0 bridgehead atoms. The summed E-state index contributed by atoms with van der Waals surface area (Å²) in [5.74, 6) is 0. The molecule has 0 aromatic carbocycles. The number of thiazole rings is 2. The topological polar surface area (TPSA) is 37.8 Å². The molecule has 2 rings (SSSR count). The number of aromatic nitrogens is 2. The van der Waals surface area contributed by atoms with E-state index in [1.165, 1.54) is 0 Å². The molecule has 0 fully saturated rings. The second kappa shape index (κ2) is 5.36. The van der Waals surface area contributed by atoms with E-state index in [1.807, 2.05) is 6.20 Å². The standard InChI is InChI=1S/C13H19N3S2/c1-5-6-14-12-16-9(8-17-12)10-7-15-11(18-10)13(2,3)4/h7-8H,5-6H2,1-4H3,(H,14,16). The molecule has 2 heterocycles. The van der Waals surface area contributed by atoms with E-state index in [4.69, 9.17) is 0 Å². The van der Waals surface area contributed by atoms with Gasteiger partial charge in [-0.25, -0.2) is 9.97 Å². The van der Waals surface area contributed by atoms with E-state index < -0.39 is 0 Å². The molecule has 0 aliphatic heterocycles. The predicted molar refractivity (Wildman–Crippen MR) is 80.7 cm³/mol. The molecule has 1 N–H and O–H groups in total. The highest BCUT2D eigenvalue weighted by Crippen LogP contribution is 2.33. The quantitative estimate of drug-likeness (QED) is 0.903. The van der Waals surface area contributed by atoms with Gasteiger partial charge in [-0.3, -0.25) is 0 Å². The minimum atomic E-state index is 0.113. The Kier molecular flexibility index (Phi) is 4.02. The molecular weight excluding hydrogens is 262 g/mol. The molecule has 0 saturated heterocycles. The van der Waals surface area contributed by atoms with E-state index in [9.17, 15) is 0 Å². The summed E-state index contributed by atoms with van der Waals surface area (Å²) in [4.78, 5) is 10.2. The van der Waals surface area contributed by atoms with Crippen LogP contribution >= 0.6 is 22.7 Å². The summed E-state index contributed by atoms with van der Waals surface area (Å²) in [7, 11) is 0. The maximum atomic E-state index is 4.59. The van der Waals surface area contributed by atoms with Crippen LogP contribution in [0.5, 0.6) is 0 Å². The van der Waals surface area contributed by atoms with E-state index in [2.05, 4.69) is 48.4 Å². The first-order valence-electron chi connectivity index (χ1n) is 6.17. The third kappa shape index (κ3) is 3.09. The predicted octanol–water partition coefficient (Wildman–Crippen LogP) is 4.39. The molecule has 0 radical (unpaired) electrons. The molecule has 5 heteroatoms. The van der Waals surface area contributed by atoms with Crippen molar-refractivity contribution in [3.8, 4) is 10.6 Å². The first kappa shape index (κ1) is 13.5. The molecule has 3 nitrogen and oxygen atoms in total. The molecule has 0 aliphatic rings. The number of nitrogens with zero attached hydrogens (tertiary/aromatic N) is 2. The fourth-order valence-electron chi connectivity index (χ4n) is 1.44. The van der Waals surface area contributed by atoms with Crippen LogP contribution in [-0.4, -0.2) is 16.5 Å². The molecule has 0 spiro atoms. The van der Waals surface area contributed by atoms with Gasteiger partial charge in [0, 0.05) is 23.5 Å². The number of hydrogen-bond acceptors (Lipinski definition) is 5. The van der Waals surface area contributed by atoms with E-state index in [1.54, 1.807) is 22.7 Å². The van der Waals surface area contributed by atoms with E-state index in [-0.39, 0.29) is 5.41 Å². The van der Waals surface area contributed by atoms with Crippen LogP contribution in [0.3, 0.4) is 0 Å². The van der Waals surface area contributed by atoms with Gasteiger partial charge in [0.15, 0.2) is 5.13 Å². The molecular formula is C13H19N3S2. The summed E-state index contributed by atoms with van der Waals surface area (Å²) < 4.78 is 0. The lowest BCUT2D eigenvalue weighted by Crippen LogP contribution is -2.09. The minimum Gasteiger partial charge on any atom is -0.362 e. The van der Waals surface area contributed by atoms with Crippen LogP contribution in [0, 0.1) is 0 Å². The zero-order chi connectivity index (χ0) is 13.2. The normalized spacial score (nSPS) is 11.8. The molecule has 0 amide bonds. The van der Waals surface area contributed by atoms with Gasteiger partial charge in [-0.15, -0.1) is 22.7 Å². The average molecular weight is 281 g/mol. The molecule has 98 valence electrons. The lowest BCUT2D eigenvalue weighted by atomic mass is 9.98. The van der Waals surface area contributed by atoms with Crippen LogP contribution in [0.25, 0.3) is 10.6 Å². The highest BCUT2D eigenvalue weighted by molar-refractivity contribution is 7.16. The molecule has 18 heavy (non-hydrogen) atoms. The third-order valence-electron chi connectivity index (χ3n) is 2.43. The van der Waals surface area contributed by atoms with Crippen molar-refractivity contribution in [2.24, 2.45) is 0 Å². The van der Waals surface area contributed by atoms with Gasteiger partial charge in [0.1, 0.15) is 0 Å². The minimum absolute atomic E-state index is 0.113. The van der Waals surface area contributed by atoms with Crippen LogP contribution in [0.1, 0.15) is 39.1 Å². The molecule has 2 aromatic rings. The van der Waals surface area contributed by atoms with Crippen LogP contribution in [0.15, 0.2) is 11.6 Å². The molecule has 0 aliphatic carbocycles. The molecule has 2 aromatic heterocycles. The average Bonchev–Trinajstić information content (AvgIpc) is 2.93. The van der Waals surface area contributed by atoms with Crippen molar-refractivity contribution < 1.29 is 0 Å². The van der Waals surface area contributed by atoms with Crippen molar-refractivity contribution >= 4 is 27.8 Å². The van der Waals surface area contributed by atoms with Crippen molar-refractivity contribution in [3.63, 3.8) is 0 Å². The second-order valence-electron chi connectivity index (χ2n) is 5.24. The summed E-state index contributed by atoms with van der Waals surface area (Å²) in [5.41, 5.74) is 1.15. The van der Waals surface area contributed by atoms with Gasteiger partial charge < -0.3 is 5.32 Å².